The molecular weight excluding hydrogens is 322 g/mol. The largest absolute Gasteiger partial charge is 0.479 e. The number of carbonyl (C=O) groups is 2. The van der Waals surface area contributed by atoms with E-state index in [1.165, 1.54) is 7.11 Å². The second kappa shape index (κ2) is 7.36. The van der Waals surface area contributed by atoms with Gasteiger partial charge in [0.1, 0.15) is 6.61 Å². The molecule has 0 fully saturated rings. The van der Waals surface area contributed by atoms with Crippen LogP contribution >= 0.6 is 0 Å². The van der Waals surface area contributed by atoms with Crippen LogP contribution < -0.4 is 5.32 Å². The highest BCUT2D eigenvalue weighted by Crippen LogP contribution is 2.44. The van der Waals surface area contributed by atoms with E-state index in [2.05, 4.69) is 17.4 Å². The Morgan fingerprint density at radius 2 is 1.64 bits per heavy atom. The van der Waals surface area contributed by atoms with Gasteiger partial charge >= 0.3 is 12.1 Å². The van der Waals surface area contributed by atoms with Crippen LogP contribution in [0.1, 0.15) is 17.0 Å². The molecule has 0 saturated carbocycles. The molecule has 2 N–H and O–H groups in total. The van der Waals surface area contributed by atoms with Crippen molar-refractivity contribution < 1.29 is 24.2 Å². The normalized spacial score (nSPS) is 13.6. The summed E-state index contributed by atoms with van der Waals surface area (Å²) in [6.45, 7) is 0.0348. The molecule has 1 aliphatic carbocycles. The molecule has 1 unspecified atom stereocenters. The average molecular weight is 341 g/mol. The Balaban J connectivity index is 1.65. The number of alkyl carbamates (subject to hydrolysis) is 1. The minimum atomic E-state index is -1.14. The number of carboxylic acids is 1. The first-order valence-electron chi connectivity index (χ1n) is 7.96. The van der Waals surface area contributed by atoms with Crippen LogP contribution in [0.3, 0.4) is 0 Å². The van der Waals surface area contributed by atoms with Crippen molar-refractivity contribution in [2.24, 2.45) is 0 Å². The number of carboxylic acid groups (broad SMARTS) is 1. The first-order chi connectivity index (χ1) is 12.1. The Labute approximate surface area is 145 Å². The second-order valence-corrected chi connectivity index (χ2v) is 5.77. The summed E-state index contributed by atoms with van der Waals surface area (Å²) >= 11 is 0. The lowest BCUT2D eigenvalue weighted by molar-refractivity contribution is -0.148. The van der Waals surface area contributed by atoms with Gasteiger partial charge < -0.3 is 19.9 Å². The summed E-state index contributed by atoms with van der Waals surface area (Å²) in [5.74, 6) is -1.17. The number of benzene rings is 2. The fourth-order valence-electron chi connectivity index (χ4n) is 3.10. The van der Waals surface area contributed by atoms with Crippen molar-refractivity contribution in [2.45, 2.75) is 12.0 Å². The molecule has 0 spiro atoms. The lowest BCUT2D eigenvalue weighted by atomic mass is 9.98. The molecule has 0 aliphatic heterocycles. The molecular formula is C19H19NO5. The van der Waals surface area contributed by atoms with Crippen molar-refractivity contribution in [2.75, 3.05) is 20.3 Å². The third kappa shape index (κ3) is 3.49. The maximum atomic E-state index is 11.9. The Morgan fingerprint density at radius 1 is 1.08 bits per heavy atom. The van der Waals surface area contributed by atoms with Crippen LogP contribution in [0.15, 0.2) is 48.5 Å². The number of aliphatic carboxylic acids is 1. The maximum Gasteiger partial charge on any atom is 0.407 e. The van der Waals surface area contributed by atoms with Gasteiger partial charge in [0.05, 0.1) is 6.54 Å². The molecule has 0 radical (unpaired) electrons. The third-order valence-corrected chi connectivity index (χ3v) is 4.34. The standard InChI is InChI=1S/C19H19NO5/c1-24-17(18(21)22)10-20-19(23)25-11-16-14-8-4-2-6-12(14)13-7-3-5-9-15(13)16/h2-9,16-17H,10-11H2,1H3,(H,20,23)(H,21,22). The Hall–Kier alpha value is -2.86. The fourth-order valence-corrected chi connectivity index (χ4v) is 3.10. The summed E-state index contributed by atoms with van der Waals surface area (Å²) in [5.41, 5.74) is 4.54. The number of nitrogens with one attached hydrogen (secondary N) is 1. The van der Waals surface area contributed by atoms with Gasteiger partial charge in [-0.2, -0.15) is 0 Å². The van der Waals surface area contributed by atoms with E-state index >= 15 is 0 Å². The summed E-state index contributed by atoms with van der Waals surface area (Å²) in [5, 5.41) is 11.3. The number of amides is 1. The highest BCUT2D eigenvalue weighted by Gasteiger charge is 2.29. The number of rotatable bonds is 6. The molecule has 0 saturated heterocycles. The molecule has 6 nitrogen and oxygen atoms in total. The summed E-state index contributed by atoms with van der Waals surface area (Å²) in [6.07, 6.45) is -1.76. The van der Waals surface area contributed by atoms with Crippen LogP contribution in [-0.4, -0.2) is 43.5 Å². The summed E-state index contributed by atoms with van der Waals surface area (Å²) in [6, 6.07) is 16.1. The zero-order valence-corrected chi connectivity index (χ0v) is 13.8. The molecule has 2 aromatic rings. The Kier molecular flexibility index (Phi) is 5.00. The molecule has 6 heteroatoms. The third-order valence-electron chi connectivity index (χ3n) is 4.34. The summed E-state index contributed by atoms with van der Waals surface area (Å²) < 4.78 is 10.1. The van der Waals surface area contributed by atoms with E-state index in [9.17, 15) is 9.59 Å². The number of methoxy groups -OCH3 is 1. The average Bonchev–Trinajstić information content (AvgIpc) is 2.94. The number of fused-ring (bicyclic) bond motifs is 3. The second-order valence-electron chi connectivity index (χ2n) is 5.77. The van der Waals surface area contributed by atoms with E-state index in [1.54, 1.807) is 0 Å². The molecule has 25 heavy (non-hydrogen) atoms. The first kappa shape index (κ1) is 17.0. The van der Waals surface area contributed by atoms with Crippen molar-refractivity contribution in [3.8, 4) is 11.1 Å². The van der Waals surface area contributed by atoms with E-state index in [1.807, 2.05) is 36.4 Å². The van der Waals surface area contributed by atoms with E-state index in [0.29, 0.717) is 0 Å². The predicted molar refractivity (Wildman–Crippen MR) is 91.5 cm³/mol. The van der Waals surface area contributed by atoms with Crippen LogP contribution in [0, 0.1) is 0 Å². The van der Waals surface area contributed by atoms with Gasteiger partial charge in [-0.15, -0.1) is 0 Å². The molecule has 130 valence electrons. The van der Waals surface area contributed by atoms with Crippen molar-refractivity contribution >= 4 is 12.1 Å². The zero-order valence-electron chi connectivity index (χ0n) is 13.8. The minimum Gasteiger partial charge on any atom is -0.479 e. The Morgan fingerprint density at radius 3 is 2.16 bits per heavy atom. The first-order valence-corrected chi connectivity index (χ1v) is 7.96. The lowest BCUT2D eigenvalue weighted by Gasteiger charge is -2.15. The lowest BCUT2D eigenvalue weighted by Crippen LogP contribution is -2.38. The molecule has 1 atom stereocenters. The van der Waals surface area contributed by atoms with Gasteiger partial charge in [-0.3, -0.25) is 0 Å². The number of ether oxygens (including phenoxy) is 2. The summed E-state index contributed by atoms with van der Waals surface area (Å²) in [7, 11) is 1.28. The fraction of sp³-hybridized carbons (Fsp3) is 0.263. The van der Waals surface area contributed by atoms with Crippen molar-refractivity contribution in [3.05, 3.63) is 59.7 Å². The topological polar surface area (TPSA) is 84.9 Å². The van der Waals surface area contributed by atoms with Crippen LogP contribution in [0.5, 0.6) is 0 Å². The molecule has 2 aromatic carbocycles. The zero-order chi connectivity index (χ0) is 17.8. The molecule has 1 aliphatic rings. The van der Waals surface area contributed by atoms with Gasteiger partial charge in [-0.25, -0.2) is 9.59 Å². The number of hydrogen-bond acceptors (Lipinski definition) is 4. The van der Waals surface area contributed by atoms with Gasteiger partial charge in [-0.1, -0.05) is 48.5 Å². The molecule has 0 bridgehead atoms. The van der Waals surface area contributed by atoms with Gasteiger partial charge in [-0.05, 0) is 22.3 Å². The molecule has 3 rings (SSSR count). The smallest absolute Gasteiger partial charge is 0.407 e. The van der Waals surface area contributed by atoms with Crippen molar-refractivity contribution in [3.63, 3.8) is 0 Å². The van der Waals surface area contributed by atoms with Gasteiger partial charge in [0.2, 0.25) is 0 Å². The highest BCUT2D eigenvalue weighted by molar-refractivity contribution is 5.79. The van der Waals surface area contributed by atoms with Crippen LogP contribution in [0.4, 0.5) is 4.79 Å². The minimum absolute atomic E-state index is 0.0316. The van der Waals surface area contributed by atoms with Gasteiger partial charge in [0.15, 0.2) is 6.10 Å². The molecule has 0 aromatic heterocycles. The SMILES string of the molecule is COC(CNC(=O)OCC1c2ccccc2-c2ccccc21)C(=O)O. The predicted octanol–water partition coefficient (Wildman–Crippen LogP) is 2.62. The number of carbonyl (C=O) groups excluding carboxylic acids is 1. The van der Waals surface area contributed by atoms with E-state index in [0.717, 1.165) is 22.3 Å². The van der Waals surface area contributed by atoms with Gasteiger partial charge in [0.25, 0.3) is 0 Å². The van der Waals surface area contributed by atoms with E-state index in [-0.39, 0.29) is 19.1 Å². The maximum absolute atomic E-state index is 11.9. The van der Waals surface area contributed by atoms with Crippen LogP contribution in [0.25, 0.3) is 11.1 Å². The quantitative estimate of drug-likeness (QED) is 0.844. The monoisotopic (exact) mass is 341 g/mol. The van der Waals surface area contributed by atoms with Crippen molar-refractivity contribution in [1.82, 2.24) is 5.32 Å². The Bertz CT molecular complexity index is 743. The number of hydrogen-bond donors (Lipinski definition) is 2. The van der Waals surface area contributed by atoms with E-state index in [4.69, 9.17) is 14.6 Å². The van der Waals surface area contributed by atoms with Crippen LogP contribution in [-0.2, 0) is 14.3 Å². The highest BCUT2D eigenvalue weighted by atomic mass is 16.5. The van der Waals surface area contributed by atoms with E-state index < -0.39 is 18.2 Å². The van der Waals surface area contributed by atoms with Gasteiger partial charge in [0, 0.05) is 13.0 Å². The molecule has 1 amide bonds. The van der Waals surface area contributed by atoms with Crippen LogP contribution in [0.2, 0.25) is 0 Å². The molecule has 0 heterocycles. The summed E-state index contributed by atoms with van der Waals surface area (Å²) in [4.78, 5) is 22.8. The van der Waals surface area contributed by atoms with Crippen molar-refractivity contribution in [1.29, 1.82) is 0 Å².